The molecule has 2 heterocycles. The zero-order valence-electron chi connectivity index (χ0n) is 8.72. The fourth-order valence-corrected chi connectivity index (χ4v) is 1.62. The van der Waals surface area contributed by atoms with Gasteiger partial charge in [-0.1, -0.05) is 0 Å². The van der Waals surface area contributed by atoms with E-state index in [0.29, 0.717) is 22.6 Å². The fourth-order valence-electron chi connectivity index (χ4n) is 1.03. The molecule has 0 aliphatic carbocycles. The first kappa shape index (κ1) is 10.7. The summed E-state index contributed by atoms with van der Waals surface area (Å²) >= 11 is 1.06. The number of carbonyl (C=O) groups is 1. The first-order chi connectivity index (χ1) is 7.65. The van der Waals surface area contributed by atoms with Gasteiger partial charge in [-0.2, -0.15) is 4.37 Å². The number of amides is 1. The molecule has 0 aromatic carbocycles. The van der Waals surface area contributed by atoms with E-state index in [1.807, 2.05) is 0 Å². The molecule has 16 heavy (non-hydrogen) atoms. The van der Waals surface area contributed by atoms with Crippen molar-refractivity contribution in [2.75, 3.05) is 0 Å². The van der Waals surface area contributed by atoms with E-state index in [1.165, 1.54) is 0 Å². The van der Waals surface area contributed by atoms with Crippen molar-refractivity contribution in [3.63, 3.8) is 0 Å². The molecule has 2 aromatic rings. The summed E-state index contributed by atoms with van der Waals surface area (Å²) in [6.45, 7) is 3.61. The average Bonchev–Trinajstić information content (AvgIpc) is 2.84. The van der Waals surface area contributed by atoms with Gasteiger partial charge in [0, 0.05) is 6.92 Å². The summed E-state index contributed by atoms with van der Waals surface area (Å²) in [7, 11) is 0. The highest BCUT2D eigenvalue weighted by Gasteiger charge is 2.11. The molecule has 8 heteroatoms. The molecule has 1 amide bonds. The SMILES string of the molecule is Cc1nsc(C(=O)NCc2nnc(C)o2)n1. The Morgan fingerprint density at radius 3 is 2.81 bits per heavy atom. The highest BCUT2D eigenvalue weighted by atomic mass is 32.1. The van der Waals surface area contributed by atoms with Gasteiger partial charge in [-0.3, -0.25) is 4.79 Å². The van der Waals surface area contributed by atoms with Crippen molar-refractivity contribution in [1.82, 2.24) is 24.9 Å². The number of nitrogens with zero attached hydrogens (tertiary/aromatic N) is 4. The third-order valence-corrected chi connectivity index (χ3v) is 2.49. The number of carbonyl (C=O) groups excluding carboxylic acids is 1. The molecule has 0 bridgehead atoms. The number of aromatic nitrogens is 4. The Hall–Kier alpha value is -1.83. The van der Waals surface area contributed by atoms with Gasteiger partial charge in [0.1, 0.15) is 5.82 Å². The van der Waals surface area contributed by atoms with Crippen LogP contribution in [0.15, 0.2) is 4.42 Å². The van der Waals surface area contributed by atoms with Crippen LogP contribution in [0.4, 0.5) is 0 Å². The van der Waals surface area contributed by atoms with Gasteiger partial charge in [0.15, 0.2) is 0 Å². The lowest BCUT2D eigenvalue weighted by Gasteiger charge is -1.97. The molecule has 0 unspecified atom stereocenters. The molecule has 0 aliphatic rings. The van der Waals surface area contributed by atoms with E-state index in [1.54, 1.807) is 13.8 Å². The first-order valence-electron chi connectivity index (χ1n) is 4.52. The van der Waals surface area contributed by atoms with Crippen LogP contribution in [-0.4, -0.2) is 25.5 Å². The summed E-state index contributed by atoms with van der Waals surface area (Å²) < 4.78 is 9.02. The van der Waals surface area contributed by atoms with Crippen molar-refractivity contribution < 1.29 is 9.21 Å². The summed E-state index contributed by atoms with van der Waals surface area (Å²) in [4.78, 5) is 15.5. The van der Waals surface area contributed by atoms with Crippen molar-refractivity contribution in [1.29, 1.82) is 0 Å². The van der Waals surface area contributed by atoms with Crippen molar-refractivity contribution in [2.24, 2.45) is 0 Å². The van der Waals surface area contributed by atoms with Crippen LogP contribution in [0.5, 0.6) is 0 Å². The van der Waals surface area contributed by atoms with E-state index in [9.17, 15) is 4.79 Å². The van der Waals surface area contributed by atoms with Gasteiger partial charge in [-0.25, -0.2) is 4.98 Å². The van der Waals surface area contributed by atoms with Crippen molar-refractivity contribution in [2.45, 2.75) is 20.4 Å². The monoisotopic (exact) mass is 239 g/mol. The second-order valence-electron chi connectivity index (χ2n) is 3.04. The molecule has 0 saturated heterocycles. The first-order valence-corrected chi connectivity index (χ1v) is 5.30. The molecule has 0 saturated carbocycles. The predicted octanol–water partition coefficient (Wildman–Crippen LogP) is 0.468. The van der Waals surface area contributed by atoms with Crippen LogP contribution in [0, 0.1) is 13.8 Å². The van der Waals surface area contributed by atoms with E-state index in [4.69, 9.17) is 4.42 Å². The predicted molar refractivity (Wildman–Crippen MR) is 54.9 cm³/mol. The average molecular weight is 239 g/mol. The quantitative estimate of drug-likeness (QED) is 0.836. The molecule has 7 nitrogen and oxygen atoms in total. The lowest BCUT2D eigenvalue weighted by molar-refractivity contribution is 0.0946. The number of hydrogen-bond donors (Lipinski definition) is 1. The minimum Gasteiger partial charge on any atom is -0.424 e. The smallest absolute Gasteiger partial charge is 0.282 e. The van der Waals surface area contributed by atoms with Gasteiger partial charge >= 0.3 is 0 Å². The van der Waals surface area contributed by atoms with Gasteiger partial charge in [-0.15, -0.1) is 10.2 Å². The normalized spacial score (nSPS) is 10.4. The second-order valence-corrected chi connectivity index (χ2v) is 3.80. The Labute approximate surface area is 95.1 Å². The lowest BCUT2D eigenvalue weighted by atomic mass is 10.5. The van der Waals surface area contributed by atoms with E-state index in [-0.39, 0.29) is 12.5 Å². The maximum absolute atomic E-state index is 11.5. The maximum atomic E-state index is 11.5. The van der Waals surface area contributed by atoms with Crippen LogP contribution >= 0.6 is 11.5 Å². The van der Waals surface area contributed by atoms with Crippen molar-refractivity contribution in [3.8, 4) is 0 Å². The zero-order valence-corrected chi connectivity index (χ0v) is 9.54. The Kier molecular flexibility index (Phi) is 2.91. The highest BCUT2D eigenvalue weighted by Crippen LogP contribution is 2.04. The van der Waals surface area contributed by atoms with Crippen molar-refractivity contribution in [3.05, 3.63) is 22.6 Å². The fraction of sp³-hybridized carbons (Fsp3) is 0.375. The Balaban J connectivity index is 1.93. The maximum Gasteiger partial charge on any atom is 0.282 e. The highest BCUT2D eigenvalue weighted by molar-refractivity contribution is 7.07. The number of hydrogen-bond acceptors (Lipinski definition) is 7. The Bertz CT molecular complexity index is 506. The van der Waals surface area contributed by atoms with Gasteiger partial charge in [-0.05, 0) is 18.5 Å². The largest absolute Gasteiger partial charge is 0.424 e. The summed E-state index contributed by atoms with van der Waals surface area (Å²) in [5, 5.41) is 10.3. The minimum atomic E-state index is -0.290. The summed E-state index contributed by atoms with van der Waals surface area (Å²) in [6.07, 6.45) is 0. The van der Waals surface area contributed by atoms with Crippen LogP contribution in [0.2, 0.25) is 0 Å². The molecule has 0 spiro atoms. The minimum absolute atomic E-state index is 0.193. The van der Waals surface area contributed by atoms with Gasteiger partial charge in [0.25, 0.3) is 5.91 Å². The molecule has 84 valence electrons. The molecule has 2 rings (SSSR count). The molecule has 2 aromatic heterocycles. The van der Waals surface area contributed by atoms with Gasteiger partial charge < -0.3 is 9.73 Å². The van der Waals surface area contributed by atoms with Crippen molar-refractivity contribution >= 4 is 17.4 Å². The van der Waals surface area contributed by atoms with Crippen LogP contribution < -0.4 is 5.32 Å². The van der Waals surface area contributed by atoms with E-state index >= 15 is 0 Å². The molecule has 1 N–H and O–H groups in total. The molecular weight excluding hydrogens is 230 g/mol. The third-order valence-electron chi connectivity index (χ3n) is 1.69. The van der Waals surface area contributed by atoms with E-state index < -0.39 is 0 Å². The zero-order chi connectivity index (χ0) is 11.5. The number of aryl methyl sites for hydroxylation is 2. The molecular formula is C8H9N5O2S. The second kappa shape index (κ2) is 4.35. The third kappa shape index (κ3) is 2.40. The van der Waals surface area contributed by atoms with E-state index in [0.717, 1.165) is 11.5 Å². The molecule has 0 radical (unpaired) electrons. The van der Waals surface area contributed by atoms with Crippen LogP contribution in [0.25, 0.3) is 0 Å². The van der Waals surface area contributed by atoms with Crippen LogP contribution in [0.3, 0.4) is 0 Å². The van der Waals surface area contributed by atoms with Gasteiger partial charge in [0.2, 0.25) is 16.8 Å². The summed E-state index contributed by atoms with van der Waals surface area (Å²) in [5.41, 5.74) is 0. The van der Waals surface area contributed by atoms with Crippen LogP contribution in [-0.2, 0) is 6.54 Å². The van der Waals surface area contributed by atoms with Crippen LogP contribution in [0.1, 0.15) is 27.4 Å². The van der Waals surface area contributed by atoms with E-state index in [2.05, 4.69) is 24.9 Å². The standard InChI is InChI=1S/C8H9N5O2S/c1-4-10-8(16-13-4)7(14)9-3-6-12-11-5(2)15-6/h3H2,1-2H3,(H,9,14). The topological polar surface area (TPSA) is 93.8 Å². The molecule has 0 atom stereocenters. The number of nitrogens with one attached hydrogen (secondary N) is 1. The Morgan fingerprint density at radius 1 is 1.44 bits per heavy atom. The Morgan fingerprint density at radius 2 is 2.25 bits per heavy atom. The summed E-state index contributed by atoms with van der Waals surface area (Å²) in [5.74, 6) is 1.13. The lowest BCUT2D eigenvalue weighted by Crippen LogP contribution is -2.22. The van der Waals surface area contributed by atoms with Gasteiger partial charge in [0.05, 0.1) is 6.54 Å². The summed E-state index contributed by atoms with van der Waals surface area (Å²) in [6, 6.07) is 0. The molecule has 0 aliphatic heterocycles. The number of rotatable bonds is 3. The molecule has 0 fully saturated rings.